The molecule has 0 atom stereocenters. The van der Waals surface area contributed by atoms with E-state index in [0.717, 1.165) is 21.3 Å². The second-order valence-electron chi connectivity index (χ2n) is 3.12. The van der Waals surface area contributed by atoms with E-state index >= 15 is 0 Å². The number of aromatic nitrogens is 3. The lowest BCUT2D eigenvalue weighted by Gasteiger charge is -2.03. The molecule has 0 aromatic carbocycles. The number of H-pyrrole nitrogens is 1. The Bertz CT molecular complexity index is 442. The second-order valence-corrected chi connectivity index (χ2v) is 4.10. The number of aromatic amines is 1. The van der Waals surface area contributed by atoms with Gasteiger partial charge < -0.3 is 10.1 Å². The highest BCUT2D eigenvalue weighted by molar-refractivity contribution is 7.99. The molecule has 0 radical (unpaired) electrons. The molecule has 2 aromatic heterocycles. The molecule has 0 saturated heterocycles. The largest absolute Gasteiger partial charge is 0.392 e. The summed E-state index contributed by atoms with van der Waals surface area (Å²) in [7, 11) is 0. The Hall–Kier alpha value is -1.33. The Labute approximate surface area is 91.8 Å². The molecule has 78 valence electrons. The molecular weight excluding hydrogens is 210 g/mol. The fraction of sp³-hybridized carbons (Fsp3) is 0.200. The van der Waals surface area contributed by atoms with Crippen molar-refractivity contribution in [3.8, 4) is 0 Å². The fourth-order valence-electron chi connectivity index (χ4n) is 1.21. The Balaban J connectivity index is 2.22. The van der Waals surface area contributed by atoms with Crippen molar-refractivity contribution in [3.05, 3.63) is 35.8 Å². The Kier molecular flexibility index (Phi) is 3.03. The van der Waals surface area contributed by atoms with Crippen LogP contribution in [0, 0.1) is 6.92 Å². The van der Waals surface area contributed by atoms with Gasteiger partial charge in [0.1, 0.15) is 5.03 Å². The molecule has 0 fully saturated rings. The molecule has 2 rings (SSSR count). The summed E-state index contributed by atoms with van der Waals surface area (Å²) >= 11 is 1.48. The van der Waals surface area contributed by atoms with Gasteiger partial charge in [0.15, 0.2) is 5.16 Å². The molecule has 0 bridgehead atoms. The molecular formula is C10H11N3OS. The smallest absolute Gasteiger partial charge is 0.171 e. The first-order chi connectivity index (χ1) is 7.29. The van der Waals surface area contributed by atoms with E-state index in [2.05, 4.69) is 15.0 Å². The summed E-state index contributed by atoms with van der Waals surface area (Å²) in [6.45, 7) is 2.00. The third-order valence-electron chi connectivity index (χ3n) is 1.94. The van der Waals surface area contributed by atoms with Gasteiger partial charge in [-0.3, -0.25) is 0 Å². The van der Waals surface area contributed by atoms with Gasteiger partial charge >= 0.3 is 0 Å². The van der Waals surface area contributed by atoms with E-state index in [-0.39, 0.29) is 6.61 Å². The molecule has 2 heterocycles. The highest BCUT2D eigenvalue weighted by Crippen LogP contribution is 2.25. The van der Waals surface area contributed by atoms with Crippen molar-refractivity contribution >= 4 is 11.8 Å². The number of aryl methyl sites for hydroxylation is 1. The number of imidazole rings is 1. The van der Waals surface area contributed by atoms with Crippen LogP contribution < -0.4 is 0 Å². The van der Waals surface area contributed by atoms with E-state index in [0.29, 0.717) is 0 Å². The number of pyridine rings is 1. The van der Waals surface area contributed by atoms with Crippen LogP contribution in [0.1, 0.15) is 11.1 Å². The Morgan fingerprint density at radius 2 is 2.33 bits per heavy atom. The lowest BCUT2D eigenvalue weighted by atomic mass is 10.2. The molecule has 15 heavy (non-hydrogen) atoms. The van der Waals surface area contributed by atoms with Gasteiger partial charge in [-0.05, 0) is 35.9 Å². The molecule has 0 amide bonds. The van der Waals surface area contributed by atoms with Gasteiger partial charge in [0.25, 0.3) is 0 Å². The lowest BCUT2D eigenvalue weighted by molar-refractivity contribution is 0.281. The number of aliphatic hydroxyl groups is 1. The Morgan fingerprint density at radius 3 is 2.93 bits per heavy atom. The summed E-state index contributed by atoms with van der Waals surface area (Å²) in [4.78, 5) is 11.4. The minimum atomic E-state index is 0.0273. The highest BCUT2D eigenvalue weighted by Gasteiger charge is 2.05. The maximum atomic E-state index is 8.94. The molecule has 5 heteroatoms. The van der Waals surface area contributed by atoms with Gasteiger partial charge in [-0.1, -0.05) is 0 Å². The van der Waals surface area contributed by atoms with E-state index in [1.54, 1.807) is 18.6 Å². The third-order valence-corrected chi connectivity index (χ3v) is 2.97. The summed E-state index contributed by atoms with van der Waals surface area (Å²) < 4.78 is 0. The van der Waals surface area contributed by atoms with Crippen LogP contribution in [0.5, 0.6) is 0 Å². The van der Waals surface area contributed by atoms with Crippen molar-refractivity contribution in [2.45, 2.75) is 23.7 Å². The van der Waals surface area contributed by atoms with Crippen LogP contribution in [0.3, 0.4) is 0 Å². The summed E-state index contributed by atoms with van der Waals surface area (Å²) in [5.41, 5.74) is 1.87. The molecule has 4 nitrogen and oxygen atoms in total. The van der Waals surface area contributed by atoms with E-state index in [1.165, 1.54) is 11.8 Å². The van der Waals surface area contributed by atoms with Gasteiger partial charge in [-0.15, -0.1) is 0 Å². The maximum absolute atomic E-state index is 8.94. The van der Waals surface area contributed by atoms with Gasteiger partial charge in [0.2, 0.25) is 0 Å². The maximum Gasteiger partial charge on any atom is 0.171 e. The number of aliphatic hydroxyl groups excluding tert-OH is 1. The van der Waals surface area contributed by atoms with Crippen molar-refractivity contribution in [3.63, 3.8) is 0 Å². The lowest BCUT2D eigenvalue weighted by Crippen LogP contribution is -1.91. The molecule has 0 aliphatic heterocycles. The molecule has 0 aliphatic rings. The van der Waals surface area contributed by atoms with Crippen LogP contribution in [0.25, 0.3) is 0 Å². The van der Waals surface area contributed by atoms with Gasteiger partial charge in [-0.2, -0.15) is 0 Å². The van der Waals surface area contributed by atoms with Gasteiger partial charge in [0, 0.05) is 18.6 Å². The molecule has 2 aromatic rings. The number of nitrogens with one attached hydrogen (secondary N) is 1. The van der Waals surface area contributed by atoms with Crippen LogP contribution in [0.2, 0.25) is 0 Å². The van der Waals surface area contributed by atoms with Crippen LogP contribution in [0.4, 0.5) is 0 Å². The van der Waals surface area contributed by atoms with Crippen molar-refractivity contribution in [1.29, 1.82) is 0 Å². The third kappa shape index (κ3) is 2.37. The number of rotatable bonds is 3. The van der Waals surface area contributed by atoms with Gasteiger partial charge in [-0.25, -0.2) is 9.97 Å². The molecule has 0 spiro atoms. The SMILES string of the molecule is Cc1cc(CO)cnc1Sc1ncc[nH]1. The first kappa shape index (κ1) is 10.2. The second kappa shape index (κ2) is 4.46. The number of hydrogen-bond acceptors (Lipinski definition) is 4. The predicted molar refractivity (Wildman–Crippen MR) is 57.6 cm³/mol. The standard InChI is InChI=1S/C10H11N3OS/c1-7-4-8(6-14)5-13-9(7)15-10-11-2-3-12-10/h2-5,14H,6H2,1H3,(H,11,12). The first-order valence-corrected chi connectivity index (χ1v) is 5.35. The molecule has 0 unspecified atom stereocenters. The minimum Gasteiger partial charge on any atom is -0.392 e. The van der Waals surface area contributed by atoms with Crippen molar-refractivity contribution in [2.75, 3.05) is 0 Å². The Morgan fingerprint density at radius 1 is 1.47 bits per heavy atom. The topological polar surface area (TPSA) is 61.8 Å². The highest BCUT2D eigenvalue weighted by atomic mass is 32.2. The normalized spacial score (nSPS) is 10.5. The summed E-state index contributed by atoms with van der Waals surface area (Å²) in [6, 6.07) is 1.93. The minimum absolute atomic E-state index is 0.0273. The number of hydrogen-bond donors (Lipinski definition) is 2. The first-order valence-electron chi connectivity index (χ1n) is 4.53. The number of nitrogens with zero attached hydrogens (tertiary/aromatic N) is 2. The summed E-state index contributed by atoms with van der Waals surface area (Å²) in [5, 5.41) is 10.7. The molecule has 0 aliphatic carbocycles. The van der Waals surface area contributed by atoms with Crippen molar-refractivity contribution in [1.82, 2.24) is 15.0 Å². The summed E-state index contributed by atoms with van der Waals surface area (Å²) in [6.07, 6.45) is 5.16. The quantitative estimate of drug-likeness (QED) is 0.829. The van der Waals surface area contributed by atoms with E-state index in [4.69, 9.17) is 5.11 Å². The zero-order chi connectivity index (χ0) is 10.7. The molecule has 0 saturated carbocycles. The van der Waals surface area contributed by atoms with Gasteiger partial charge in [0.05, 0.1) is 6.61 Å². The predicted octanol–water partition coefficient (Wildman–Crippen LogP) is 1.76. The fourth-order valence-corrected chi connectivity index (χ4v) is 1.96. The zero-order valence-electron chi connectivity index (χ0n) is 8.27. The van der Waals surface area contributed by atoms with Crippen LogP contribution in [-0.2, 0) is 6.61 Å². The monoisotopic (exact) mass is 221 g/mol. The average molecular weight is 221 g/mol. The van der Waals surface area contributed by atoms with Crippen LogP contribution in [-0.4, -0.2) is 20.1 Å². The van der Waals surface area contributed by atoms with E-state index < -0.39 is 0 Å². The zero-order valence-corrected chi connectivity index (χ0v) is 9.08. The average Bonchev–Trinajstić information content (AvgIpc) is 2.74. The van der Waals surface area contributed by atoms with Crippen molar-refractivity contribution in [2.24, 2.45) is 0 Å². The van der Waals surface area contributed by atoms with E-state index in [9.17, 15) is 0 Å². The van der Waals surface area contributed by atoms with Crippen LogP contribution in [0.15, 0.2) is 34.8 Å². The van der Waals surface area contributed by atoms with Crippen LogP contribution >= 0.6 is 11.8 Å². The van der Waals surface area contributed by atoms with Crippen molar-refractivity contribution < 1.29 is 5.11 Å². The van der Waals surface area contributed by atoms with E-state index in [1.807, 2.05) is 13.0 Å². The summed E-state index contributed by atoms with van der Waals surface area (Å²) in [5.74, 6) is 0. The molecule has 2 N–H and O–H groups in total.